The minimum atomic E-state index is 1.27. The average molecular weight is 333 g/mol. The Kier molecular flexibility index (Phi) is 5.03. The second kappa shape index (κ2) is 7.18. The fraction of sp³-hybridized carbons (Fsp3) is 0. The van der Waals surface area contributed by atoms with Crippen LogP contribution in [0.2, 0.25) is 0 Å². The van der Waals surface area contributed by atoms with E-state index in [9.17, 15) is 0 Å². The molecule has 20 heavy (non-hydrogen) atoms. The Bertz CT molecular complexity index is 652. The highest BCUT2D eigenvalue weighted by Gasteiger charge is 2.05. The van der Waals surface area contributed by atoms with Crippen LogP contribution in [0.25, 0.3) is 4.91 Å². The number of benzene rings is 1. The largest absolute Gasteiger partial charge is 0.137 e. The zero-order chi connectivity index (χ0) is 13.6. The van der Waals surface area contributed by atoms with Crippen LogP contribution in [-0.4, -0.2) is 0 Å². The van der Waals surface area contributed by atoms with Gasteiger partial charge in [-0.2, -0.15) is 0 Å². The number of thioether (sulfide) groups is 2. The lowest BCUT2D eigenvalue weighted by molar-refractivity contribution is 1.65. The van der Waals surface area contributed by atoms with E-state index in [1.54, 1.807) is 34.4 Å². The van der Waals surface area contributed by atoms with Gasteiger partial charge >= 0.3 is 0 Å². The molecule has 0 nitrogen and oxygen atoms in total. The van der Waals surface area contributed by atoms with Crippen molar-refractivity contribution in [2.24, 2.45) is 0 Å². The van der Waals surface area contributed by atoms with Gasteiger partial charge in [-0.25, -0.2) is 0 Å². The predicted octanol–water partition coefficient (Wildman–Crippen LogP) is 6.69. The van der Waals surface area contributed by atoms with Gasteiger partial charge < -0.3 is 0 Å². The van der Waals surface area contributed by atoms with Crippen molar-refractivity contribution >= 4 is 51.1 Å². The fourth-order valence-corrected chi connectivity index (χ4v) is 5.15. The van der Waals surface area contributed by atoms with Gasteiger partial charge in [0.2, 0.25) is 0 Å². The van der Waals surface area contributed by atoms with Crippen LogP contribution in [0.4, 0.5) is 0 Å². The van der Waals surface area contributed by atoms with E-state index in [1.807, 2.05) is 11.8 Å². The lowest BCUT2D eigenvalue weighted by Crippen LogP contribution is -1.77. The van der Waals surface area contributed by atoms with Crippen LogP contribution < -0.4 is 0 Å². The minimum Gasteiger partial charge on any atom is -0.137 e. The van der Waals surface area contributed by atoms with Crippen LogP contribution in [0, 0.1) is 0 Å². The van der Waals surface area contributed by atoms with Crippen LogP contribution in [-0.2, 0) is 0 Å². The number of hydrogen-bond acceptors (Lipinski definition) is 4. The molecule has 0 spiro atoms. The molecular weight excluding hydrogens is 320 g/mol. The quantitative estimate of drug-likeness (QED) is 0.477. The second-order valence-corrected chi connectivity index (χ2v) is 8.34. The van der Waals surface area contributed by atoms with Gasteiger partial charge in [0.05, 0.1) is 8.42 Å². The van der Waals surface area contributed by atoms with Crippen molar-refractivity contribution in [2.75, 3.05) is 0 Å². The van der Waals surface area contributed by atoms with Crippen LogP contribution in [0.15, 0.2) is 79.2 Å². The summed E-state index contributed by atoms with van der Waals surface area (Å²) >= 11 is 7.19. The van der Waals surface area contributed by atoms with E-state index in [4.69, 9.17) is 0 Å². The van der Waals surface area contributed by atoms with Gasteiger partial charge in [-0.15, -0.1) is 22.7 Å². The molecule has 0 saturated heterocycles. The maximum Gasteiger partial charge on any atom is 0.0646 e. The Morgan fingerprint density at radius 2 is 1.50 bits per heavy atom. The third-order valence-electron chi connectivity index (χ3n) is 2.54. The first-order valence-electron chi connectivity index (χ1n) is 6.09. The zero-order valence-electron chi connectivity index (χ0n) is 10.6. The van der Waals surface area contributed by atoms with Gasteiger partial charge in [-0.1, -0.05) is 66.0 Å². The molecule has 0 amide bonds. The number of rotatable bonds is 5. The first-order chi connectivity index (χ1) is 9.92. The molecule has 0 bridgehead atoms. The Morgan fingerprint density at radius 1 is 0.800 bits per heavy atom. The van der Waals surface area contributed by atoms with E-state index in [2.05, 4.69) is 70.8 Å². The Labute approximate surface area is 135 Å². The summed E-state index contributed by atoms with van der Waals surface area (Å²) < 4.78 is 2.65. The molecule has 0 N–H and O–H groups in total. The van der Waals surface area contributed by atoms with Crippen LogP contribution in [0.5, 0.6) is 0 Å². The highest BCUT2D eigenvalue weighted by Crippen LogP contribution is 2.39. The molecule has 0 aliphatic rings. The van der Waals surface area contributed by atoms with E-state index in [0.29, 0.717) is 0 Å². The summed E-state index contributed by atoms with van der Waals surface area (Å²) in [6.45, 7) is 0. The van der Waals surface area contributed by atoms with Crippen molar-refractivity contribution in [2.45, 2.75) is 8.42 Å². The van der Waals surface area contributed by atoms with Crippen molar-refractivity contribution in [3.63, 3.8) is 0 Å². The first-order valence-corrected chi connectivity index (χ1v) is 9.54. The molecular formula is C16H12S4. The van der Waals surface area contributed by atoms with E-state index >= 15 is 0 Å². The van der Waals surface area contributed by atoms with Crippen molar-refractivity contribution in [1.29, 1.82) is 0 Å². The topological polar surface area (TPSA) is 0 Å². The molecule has 4 heteroatoms. The maximum absolute atomic E-state index is 2.26. The van der Waals surface area contributed by atoms with E-state index in [-0.39, 0.29) is 0 Å². The zero-order valence-corrected chi connectivity index (χ0v) is 13.8. The van der Waals surface area contributed by atoms with E-state index in [1.165, 1.54) is 18.9 Å². The summed E-state index contributed by atoms with van der Waals surface area (Å²) in [7, 11) is 0. The molecule has 100 valence electrons. The fourth-order valence-electron chi connectivity index (χ4n) is 1.63. The Balaban J connectivity index is 1.85. The normalized spacial score (nSPS) is 11.7. The monoisotopic (exact) mass is 332 g/mol. The van der Waals surface area contributed by atoms with Gasteiger partial charge in [-0.05, 0) is 33.9 Å². The summed E-state index contributed by atoms with van der Waals surface area (Å²) in [6, 6.07) is 19.1. The first kappa shape index (κ1) is 14.0. The van der Waals surface area contributed by atoms with Crippen LogP contribution in [0.1, 0.15) is 5.56 Å². The van der Waals surface area contributed by atoms with Crippen molar-refractivity contribution < 1.29 is 0 Å². The van der Waals surface area contributed by atoms with Crippen molar-refractivity contribution in [1.82, 2.24) is 0 Å². The molecule has 2 aromatic heterocycles. The Morgan fingerprint density at radius 3 is 2.15 bits per heavy atom. The average Bonchev–Trinajstić information content (AvgIpc) is 3.18. The summed E-state index contributed by atoms with van der Waals surface area (Å²) in [5.41, 5.74) is 1.27. The molecule has 0 aliphatic carbocycles. The number of hydrogen-bond donors (Lipinski definition) is 0. The van der Waals surface area contributed by atoms with E-state index < -0.39 is 0 Å². The molecule has 0 fully saturated rings. The molecule has 0 saturated carbocycles. The highest BCUT2D eigenvalue weighted by atomic mass is 32.2. The lowest BCUT2D eigenvalue weighted by Gasteiger charge is -2.05. The second-order valence-electron chi connectivity index (χ2n) is 3.93. The molecule has 0 radical (unpaired) electrons. The maximum atomic E-state index is 2.26. The third-order valence-corrected chi connectivity index (χ3v) is 6.76. The molecule has 1 aromatic carbocycles. The van der Waals surface area contributed by atoms with Crippen LogP contribution >= 0.6 is 46.2 Å². The molecule has 3 rings (SSSR count). The molecule has 0 atom stereocenters. The predicted molar refractivity (Wildman–Crippen MR) is 94.8 cm³/mol. The summed E-state index contributed by atoms with van der Waals surface area (Å²) in [5.74, 6) is 0. The molecule has 3 aromatic rings. The SMILES string of the molecule is C(/Sc1cccs1)=C(/Sc1cccs1)c1ccccc1. The van der Waals surface area contributed by atoms with Gasteiger partial charge in [0, 0.05) is 4.91 Å². The van der Waals surface area contributed by atoms with Gasteiger partial charge in [0.25, 0.3) is 0 Å². The highest BCUT2D eigenvalue weighted by molar-refractivity contribution is 8.11. The summed E-state index contributed by atoms with van der Waals surface area (Å²) in [4.78, 5) is 1.30. The summed E-state index contributed by atoms with van der Waals surface area (Å²) in [6.07, 6.45) is 0. The number of thiophene rings is 2. The van der Waals surface area contributed by atoms with Crippen LogP contribution in [0.3, 0.4) is 0 Å². The molecule has 2 heterocycles. The molecule has 0 aliphatic heterocycles. The van der Waals surface area contributed by atoms with Gasteiger partial charge in [0.1, 0.15) is 0 Å². The smallest absolute Gasteiger partial charge is 0.0646 e. The van der Waals surface area contributed by atoms with Crippen molar-refractivity contribution in [3.8, 4) is 0 Å². The van der Waals surface area contributed by atoms with Gasteiger partial charge in [-0.3, -0.25) is 0 Å². The standard InChI is InChI=1S/C16H12S4/c1-2-6-13(7-3-1)14(20-16-9-5-11-18-16)12-19-15-8-4-10-17-15/h1-12H/b14-12-. The Hall–Kier alpha value is -0.940. The van der Waals surface area contributed by atoms with Crippen molar-refractivity contribution in [3.05, 3.63) is 76.3 Å². The third kappa shape index (κ3) is 3.79. The molecule has 0 unspecified atom stereocenters. The van der Waals surface area contributed by atoms with Gasteiger partial charge in [0.15, 0.2) is 0 Å². The van der Waals surface area contributed by atoms with E-state index in [0.717, 1.165) is 0 Å². The minimum absolute atomic E-state index is 1.27. The summed E-state index contributed by atoms with van der Waals surface area (Å²) in [5, 5.41) is 6.49. The lowest BCUT2D eigenvalue weighted by atomic mass is 10.2.